The number of carbonyl (C=O) groups excluding carboxylic acids is 1. The topological polar surface area (TPSA) is 76.6 Å². The van der Waals surface area contributed by atoms with Crippen molar-refractivity contribution in [3.63, 3.8) is 0 Å². The van der Waals surface area contributed by atoms with Crippen LogP contribution in [0.2, 0.25) is 0 Å². The van der Waals surface area contributed by atoms with E-state index in [2.05, 4.69) is 31.2 Å². The molecule has 0 radical (unpaired) electrons. The van der Waals surface area contributed by atoms with Crippen molar-refractivity contribution in [2.75, 3.05) is 38.8 Å². The van der Waals surface area contributed by atoms with Gasteiger partial charge < -0.3 is 19.7 Å². The number of methoxy groups -OCH3 is 1. The summed E-state index contributed by atoms with van der Waals surface area (Å²) in [6, 6.07) is -0.212. The van der Waals surface area contributed by atoms with Gasteiger partial charge in [0.05, 0.1) is 43.8 Å². The summed E-state index contributed by atoms with van der Waals surface area (Å²) in [4.78, 5) is 22.5. The first-order chi connectivity index (χ1) is 12.0. The van der Waals surface area contributed by atoms with Crippen molar-refractivity contribution < 1.29 is 18.7 Å². The predicted molar refractivity (Wildman–Crippen MR) is 95.6 cm³/mol. The molecule has 1 aliphatic rings. The Bertz CT molecular complexity index is 605. The fourth-order valence-electron chi connectivity index (χ4n) is 2.80. The van der Waals surface area contributed by atoms with Crippen molar-refractivity contribution in [3.05, 3.63) is 16.0 Å². The van der Waals surface area contributed by atoms with Gasteiger partial charge in [-0.15, -0.1) is 0 Å². The van der Waals surface area contributed by atoms with Crippen molar-refractivity contribution in [1.82, 2.24) is 14.9 Å². The van der Waals surface area contributed by atoms with Gasteiger partial charge in [-0.1, -0.05) is 13.8 Å². The zero-order valence-corrected chi connectivity index (χ0v) is 16.3. The van der Waals surface area contributed by atoms with Gasteiger partial charge >= 0.3 is 6.09 Å². The molecule has 2 unspecified atom stereocenters. The van der Waals surface area contributed by atoms with E-state index in [-0.39, 0.29) is 18.8 Å². The van der Waals surface area contributed by atoms with Crippen molar-refractivity contribution in [2.24, 2.45) is 0 Å². The van der Waals surface area contributed by atoms with Crippen LogP contribution in [-0.2, 0) is 22.3 Å². The normalized spacial score (nSPS) is 20.0. The number of anilines is 1. The Morgan fingerprint density at radius 1 is 1.32 bits per heavy atom. The smallest absolute Gasteiger partial charge is 0.409 e. The molecule has 1 N–H and O–H groups in total. The number of hydrogen-bond donors (Lipinski definition) is 1. The van der Waals surface area contributed by atoms with E-state index >= 15 is 0 Å². The van der Waals surface area contributed by atoms with E-state index in [4.69, 9.17) is 9.47 Å². The quantitative estimate of drug-likeness (QED) is 0.732. The highest BCUT2D eigenvalue weighted by Gasteiger charge is 2.37. The van der Waals surface area contributed by atoms with Crippen LogP contribution >= 0.6 is 15.9 Å². The highest BCUT2D eigenvalue weighted by atomic mass is 79.9. The summed E-state index contributed by atoms with van der Waals surface area (Å²) < 4.78 is 23.6. The van der Waals surface area contributed by atoms with Gasteiger partial charge in [0, 0.05) is 6.54 Å². The van der Waals surface area contributed by atoms with Crippen molar-refractivity contribution in [2.45, 2.75) is 38.8 Å². The number of halogens is 2. The Hall–Kier alpha value is -1.48. The van der Waals surface area contributed by atoms with E-state index in [0.717, 1.165) is 22.4 Å². The van der Waals surface area contributed by atoms with Crippen molar-refractivity contribution >= 4 is 27.8 Å². The molecule has 25 heavy (non-hydrogen) atoms. The number of nitrogens with one attached hydrogen (secondary N) is 1. The van der Waals surface area contributed by atoms with Crippen LogP contribution in [0.4, 0.5) is 15.0 Å². The zero-order valence-electron chi connectivity index (χ0n) is 14.7. The Morgan fingerprint density at radius 2 is 2.04 bits per heavy atom. The molecule has 1 fully saturated rings. The lowest BCUT2D eigenvalue weighted by atomic mass is 10.2. The first-order valence-electron chi connectivity index (χ1n) is 8.36. The monoisotopic (exact) mass is 418 g/mol. The number of alkyl halides is 1. The largest absolute Gasteiger partial charge is 0.453 e. The minimum atomic E-state index is -0.570. The molecule has 1 saturated heterocycles. The van der Waals surface area contributed by atoms with Crippen LogP contribution in [0.5, 0.6) is 0 Å². The molecular weight excluding hydrogens is 395 g/mol. The molecule has 1 aliphatic heterocycles. The molecule has 0 bridgehead atoms. The van der Waals surface area contributed by atoms with Gasteiger partial charge in [0.2, 0.25) is 0 Å². The number of rotatable bonds is 7. The third-order valence-electron chi connectivity index (χ3n) is 4.09. The van der Waals surface area contributed by atoms with Gasteiger partial charge in [0.15, 0.2) is 0 Å². The zero-order chi connectivity index (χ0) is 18.4. The summed E-state index contributed by atoms with van der Waals surface area (Å²) in [6.07, 6.45) is 0.689. The molecule has 0 aromatic carbocycles. The van der Waals surface area contributed by atoms with Gasteiger partial charge in [0.25, 0.3) is 0 Å². The highest BCUT2D eigenvalue weighted by Crippen LogP contribution is 2.23. The van der Waals surface area contributed by atoms with Crippen LogP contribution in [0.3, 0.4) is 0 Å². The van der Waals surface area contributed by atoms with Crippen LogP contribution in [0.25, 0.3) is 0 Å². The van der Waals surface area contributed by atoms with Crippen LogP contribution in [0, 0.1) is 0 Å². The number of nitrogens with zero attached hydrogens (tertiary/aromatic N) is 3. The molecular formula is C16H24BrFN4O3. The number of amides is 1. The average Bonchev–Trinajstić information content (AvgIpc) is 3.02. The minimum Gasteiger partial charge on any atom is -0.453 e. The van der Waals surface area contributed by atoms with Gasteiger partial charge in [-0.3, -0.25) is 0 Å². The van der Waals surface area contributed by atoms with Crippen LogP contribution in [0.1, 0.15) is 25.2 Å². The lowest BCUT2D eigenvalue weighted by Crippen LogP contribution is -2.35. The second-order valence-electron chi connectivity index (χ2n) is 5.69. The van der Waals surface area contributed by atoms with E-state index < -0.39 is 12.8 Å². The van der Waals surface area contributed by atoms with Crippen molar-refractivity contribution in [1.29, 1.82) is 0 Å². The molecule has 9 heteroatoms. The van der Waals surface area contributed by atoms with E-state index in [1.807, 2.05) is 13.8 Å². The number of ether oxygens (including phenoxy) is 2. The molecule has 2 rings (SSSR count). The molecule has 0 aliphatic carbocycles. The molecule has 140 valence electrons. The minimum absolute atomic E-state index is 0.00921. The summed E-state index contributed by atoms with van der Waals surface area (Å²) in [5.41, 5.74) is 1.67. The summed E-state index contributed by atoms with van der Waals surface area (Å²) in [5, 5.41) is 3.34. The number of carbonyl (C=O) groups is 1. The average molecular weight is 419 g/mol. The summed E-state index contributed by atoms with van der Waals surface area (Å²) in [5.74, 6) is 0.674. The lowest BCUT2D eigenvalue weighted by Gasteiger charge is -2.21. The van der Waals surface area contributed by atoms with Gasteiger partial charge in [-0.05, 0) is 28.8 Å². The SMILES string of the molecule is CCc1nc(NC2CN(C(=O)OC)CC2OCCF)c(CC)nc1Br. The first-order valence-corrected chi connectivity index (χ1v) is 9.15. The highest BCUT2D eigenvalue weighted by molar-refractivity contribution is 9.10. The number of aromatic nitrogens is 2. The summed E-state index contributed by atoms with van der Waals surface area (Å²) >= 11 is 3.44. The second kappa shape index (κ2) is 9.28. The van der Waals surface area contributed by atoms with Gasteiger partial charge in [-0.25, -0.2) is 19.2 Å². The molecule has 2 atom stereocenters. The fourth-order valence-corrected chi connectivity index (χ4v) is 3.38. The number of likely N-dealkylation sites (tertiary alicyclic amines) is 1. The van der Waals surface area contributed by atoms with Crippen LogP contribution in [-0.4, -0.2) is 66.6 Å². The second-order valence-corrected chi connectivity index (χ2v) is 6.44. The molecule has 2 heterocycles. The van der Waals surface area contributed by atoms with E-state index in [1.54, 1.807) is 4.90 Å². The Balaban J connectivity index is 2.21. The molecule has 1 amide bonds. The lowest BCUT2D eigenvalue weighted by molar-refractivity contribution is 0.0443. The van der Waals surface area contributed by atoms with Gasteiger partial charge in [-0.2, -0.15) is 0 Å². The van der Waals surface area contributed by atoms with Crippen LogP contribution < -0.4 is 5.32 Å². The summed E-state index contributed by atoms with van der Waals surface area (Å²) in [7, 11) is 1.34. The molecule has 0 spiro atoms. The van der Waals surface area contributed by atoms with Gasteiger partial charge in [0.1, 0.15) is 17.1 Å². The Kier molecular flexibility index (Phi) is 7.37. The maximum atomic E-state index is 12.5. The number of hydrogen-bond acceptors (Lipinski definition) is 6. The predicted octanol–water partition coefficient (Wildman–Crippen LogP) is 2.58. The number of aryl methyl sites for hydroxylation is 2. The van der Waals surface area contributed by atoms with Crippen molar-refractivity contribution in [3.8, 4) is 0 Å². The molecule has 0 saturated carbocycles. The molecule has 7 nitrogen and oxygen atoms in total. The third kappa shape index (κ3) is 4.78. The third-order valence-corrected chi connectivity index (χ3v) is 4.73. The maximum Gasteiger partial charge on any atom is 0.409 e. The fraction of sp³-hybridized carbons (Fsp3) is 0.688. The Labute approximate surface area is 155 Å². The van der Waals surface area contributed by atoms with E-state index in [0.29, 0.717) is 25.3 Å². The van der Waals surface area contributed by atoms with E-state index in [9.17, 15) is 9.18 Å². The Morgan fingerprint density at radius 3 is 2.64 bits per heavy atom. The maximum absolute atomic E-state index is 12.5. The molecule has 1 aromatic rings. The van der Waals surface area contributed by atoms with E-state index in [1.165, 1.54) is 7.11 Å². The van der Waals surface area contributed by atoms with Crippen LogP contribution in [0.15, 0.2) is 4.60 Å². The standard InChI is InChI=1S/C16H24BrFN4O3/c1-4-10-14(17)19-11(5-2)15(20-10)21-12-8-22(16(23)24-3)9-13(12)25-7-6-18/h12-13H,4-9H2,1-3H3,(H,20,21). The summed E-state index contributed by atoms with van der Waals surface area (Å²) in [6.45, 7) is 4.17. The first kappa shape index (κ1) is 19.8. The molecule has 1 aromatic heterocycles.